The summed E-state index contributed by atoms with van der Waals surface area (Å²) in [7, 11) is 0. The molecule has 2 aromatic carbocycles. The number of benzene rings is 2. The average Bonchev–Trinajstić information content (AvgIpc) is 3.30. The fraction of sp³-hybridized carbons (Fsp3) is 0.235. The smallest absolute Gasteiger partial charge is 0.197 e. The van der Waals surface area contributed by atoms with Crippen LogP contribution in [0, 0.1) is 6.92 Å². The van der Waals surface area contributed by atoms with Crippen LogP contribution < -0.4 is 4.74 Å². The maximum absolute atomic E-state index is 12.6. The standard InChI is InChI=1S/C17H16O3/c1-12-6-5-9-15(20-11-14-10-19-14)16(12)17(18)13-7-3-2-4-8-13/h2-9,14H,10-11H2,1H3. The van der Waals surface area contributed by atoms with Gasteiger partial charge >= 0.3 is 0 Å². The molecule has 1 aliphatic heterocycles. The highest BCUT2D eigenvalue weighted by Crippen LogP contribution is 2.26. The molecular formula is C17H16O3. The van der Waals surface area contributed by atoms with Crippen LogP contribution in [-0.2, 0) is 4.74 Å². The van der Waals surface area contributed by atoms with E-state index in [0.29, 0.717) is 23.5 Å². The fourth-order valence-corrected chi connectivity index (χ4v) is 2.13. The lowest BCUT2D eigenvalue weighted by atomic mass is 9.98. The van der Waals surface area contributed by atoms with Gasteiger partial charge in [-0.25, -0.2) is 0 Å². The molecule has 3 rings (SSSR count). The Morgan fingerprint density at radius 2 is 1.95 bits per heavy atom. The second-order valence-electron chi connectivity index (χ2n) is 4.91. The molecule has 0 spiro atoms. The maximum Gasteiger partial charge on any atom is 0.197 e. The number of carbonyl (C=O) groups is 1. The summed E-state index contributed by atoms with van der Waals surface area (Å²) in [6.45, 7) is 3.17. The SMILES string of the molecule is Cc1cccc(OCC2CO2)c1C(=O)c1ccccc1. The molecule has 0 aliphatic carbocycles. The van der Waals surface area contributed by atoms with Gasteiger partial charge in [-0.3, -0.25) is 4.79 Å². The Morgan fingerprint density at radius 3 is 2.65 bits per heavy atom. The van der Waals surface area contributed by atoms with Crippen LogP contribution in [0.1, 0.15) is 21.5 Å². The zero-order valence-electron chi connectivity index (χ0n) is 11.3. The van der Waals surface area contributed by atoms with E-state index < -0.39 is 0 Å². The largest absolute Gasteiger partial charge is 0.490 e. The van der Waals surface area contributed by atoms with Gasteiger partial charge in [-0.15, -0.1) is 0 Å². The normalized spacial score (nSPS) is 16.8. The Labute approximate surface area is 118 Å². The quantitative estimate of drug-likeness (QED) is 0.618. The van der Waals surface area contributed by atoms with E-state index in [9.17, 15) is 4.79 Å². The monoisotopic (exact) mass is 268 g/mol. The second-order valence-corrected chi connectivity index (χ2v) is 4.91. The molecule has 1 heterocycles. The van der Waals surface area contributed by atoms with Crippen molar-refractivity contribution in [1.29, 1.82) is 0 Å². The summed E-state index contributed by atoms with van der Waals surface area (Å²) >= 11 is 0. The van der Waals surface area contributed by atoms with Gasteiger partial charge in [0.05, 0.1) is 12.2 Å². The molecule has 1 fully saturated rings. The first-order chi connectivity index (χ1) is 9.75. The van der Waals surface area contributed by atoms with Gasteiger partial charge in [-0.2, -0.15) is 0 Å². The van der Waals surface area contributed by atoms with Crippen LogP contribution in [0.4, 0.5) is 0 Å². The number of ether oxygens (including phenoxy) is 2. The van der Waals surface area contributed by atoms with E-state index in [1.54, 1.807) is 0 Å². The fourth-order valence-electron chi connectivity index (χ4n) is 2.13. The van der Waals surface area contributed by atoms with Crippen molar-refractivity contribution in [2.45, 2.75) is 13.0 Å². The number of carbonyl (C=O) groups excluding carboxylic acids is 1. The number of hydrogen-bond acceptors (Lipinski definition) is 3. The van der Waals surface area contributed by atoms with Gasteiger partial charge in [0.15, 0.2) is 5.78 Å². The molecule has 0 aromatic heterocycles. The zero-order chi connectivity index (χ0) is 13.9. The predicted octanol–water partition coefficient (Wildman–Crippen LogP) is 3.00. The first-order valence-corrected chi connectivity index (χ1v) is 6.69. The molecule has 3 nitrogen and oxygen atoms in total. The van der Waals surface area contributed by atoms with Crippen LogP contribution in [0.3, 0.4) is 0 Å². The van der Waals surface area contributed by atoms with Crippen LogP contribution >= 0.6 is 0 Å². The van der Waals surface area contributed by atoms with Crippen LogP contribution in [-0.4, -0.2) is 25.1 Å². The maximum atomic E-state index is 12.6. The molecule has 20 heavy (non-hydrogen) atoms. The number of aryl methyl sites for hydroxylation is 1. The summed E-state index contributed by atoms with van der Waals surface area (Å²) in [5, 5.41) is 0. The Balaban J connectivity index is 1.92. The third-order valence-electron chi connectivity index (χ3n) is 3.32. The molecule has 2 aromatic rings. The Kier molecular flexibility index (Phi) is 3.52. The molecule has 0 radical (unpaired) electrons. The molecular weight excluding hydrogens is 252 g/mol. The molecule has 0 saturated carbocycles. The number of epoxide rings is 1. The van der Waals surface area contributed by atoms with Crippen LogP contribution in [0.25, 0.3) is 0 Å². The van der Waals surface area contributed by atoms with Gasteiger partial charge in [0.1, 0.15) is 18.5 Å². The van der Waals surface area contributed by atoms with Gasteiger partial charge in [-0.1, -0.05) is 42.5 Å². The summed E-state index contributed by atoms with van der Waals surface area (Å²) in [5.74, 6) is 0.629. The first kappa shape index (κ1) is 12.9. The molecule has 0 amide bonds. The summed E-state index contributed by atoms with van der Waals surface area (Å²) in [6, 6.07) is 14.9. The highest BCUT2D eigenvalue weighted by atomic mass is 16.6. The number of hydrogen-bond donors (Lipinski definition) is 0. The van der Waals surface area contributed by atoms with Gasteiger partial charge in [0.25, 0.3) is 0 Å². The van der Waals surface area contributed by atoms with Crippen molar-refractivity contribution in [2.75, 3.05) is 13.2 Å². The summed E-state index contributed by atoms with van der Waals surface area (Å²) in [5.41, 5.74) is 2.24. The van der Waals surface area contributed by atoms with Crippen LogP contribution in [0.15, 0.2) is 48.5 Å². The molecule has 1 aliphatic rings. The van der Waals surface area contributed by atoms with Crippen molar-refractivity contribution in [1.82, 2.24) is 0 Å². The molecule has 1 saturated heterocycles. The van der Waals surface area contributed by atoms with Crippen molar-refractivity contribution in [3.05, 3.63) is 65.2 Å². The van der Waals surface area contributed by atoms with Gasteiger partial charge in [-0.05, 0) is 18.6 Å². The summed E-state index contributed by atoms with van der Waals surface area (Å²) in [6.07, 6.45) is 0.176. The van der Waals surface area contributed by atoms with Crippen molar-refractivity contribution in [3.63, 3.8) is 0 Å². The van der Waals surface area contributed by atoms with E-state index in [2.05, 4.69) is 0 Å². The highest BCUT2D eigenvalue weighted by molar-refractivity contribution is 6.11. The molecule has 102 valence electrons. The highest BCUT2D eigenvalue weighted by Gasteiger charge is 2.24. The Hall–Kier alpha value is -2.13. The Bertz CT molecular complexity index is 615. The summed E-state index contributed by atoms with van der Waals surface area (Å²) in [4.78, 5) is 12.6. The van der Waals surface area contributed by atoms with E-state index in [1.165, 1.54) is 0 Å². The average molecular weight is 268 g/mol. The molecule has 1 unspecified atom stereocenters. The van der Waals surface area contributed by atoms with Crippen molar-refractivity contribution < 1.29 is 14.3 Å². The van der Waals surface area contributed by atoms with Crippen molar-refractivity contribution >= 4 is 5.78 Å². The predicted molar refractivity (Wildman–Crippen MR) is 76.3 cm³/mol. The van der Waals surface area contributed by atoms with E-state index >= 15 is 0 Å². The van der Waals surface area contributed by atoms with E-state index in [1.807, 2.05) is 55.5 Å². The number of rotatable bonds is 5. The molecule has 1 atom stereocenters. The van der Waals surface area contributed by atoms with E-state index in [-0.39, 0.29) is 11.9 Å². The van der Waals surface area contributed by atoms with Crippen LogP contribution in [0.5, 0.6) is 5.75 Å². The molecule has 0 bridgehead atoms. The van der Waals surface area contributed by atoms with Crippen molar-refractivity contribution in [2.24, 2.45) is 0 Å². The van der Waals surface area contributed by atoms with E-state index in [0.717, 1.165) is 12.2 Å². The minimum atomic E-state index is -0.00425. The number of ketones is 1. The lowest BCUT2D eigenvalue weighted by Crippen LogP contribution is -2.10. The Morgan fingerprint density at radius 1 is 1.20 bits per heavy atom. The van der Waals surface area contributed by atoms with Crippen molar-refractivity contribution in [3.8, 4) is 5.75 Å². The third-order valence-corrected chi connectivity index (χ3v) is 3.32. The van der Waals surface area contributed by atoms with Gasteiger partial charge in [0, 0.05) is 5.56 Å². The van der Waals surface area contributed by atoms with Crippen LogP contribution in [0.2, 0.25) is 0 Å². The third kappa shape index (κ3) is 2.73. The minimum Gasteiger partial charge on any atom is -0.490 e. The minimum absolute atomic E-state index is 0.00425. The summed E-state index contributed by atoms with van der Waals surface area (Å²) < 4.78 is 10.9. The first-order valence-electron chi connectivity index (χ1n) is 6.69. The van der Waals surface area contributed by atoms with E-state index in [4.69, 9.17) is 9.47 Å². The molecule has 3 heteroatoms. The lowest BCUT2D eigenvalue weighted by molar-refractivity contribution is 0.103. The second kappa shape index (κ2) is 5.47. The van der Waals surface area contributed by atoms with Gasteiger partial charge in [0.2, 0.25) is 0 Å². The topological polar surface area (TPSA) is 38.8 Å². The zero-order valence-corrected chi connectivity index (χ0v) is 11.3. The molecule has 0 N–H and O–H groups in total. The van der Waals surface area contributed by atoms with Gasteiger partial charge < -0.3 is 9.47 Å². The lowest BCUT2D eigenvalue weighted by Gasteiger charge is -2.12.